The van der Waals surface area contributed by atoms with Crippen LogP contribution in [0, 0.1) is 11.6 Å². The number of aliphatic hydroxyl groups is 1. The number of methoxy groups -OCH3 is 1. The molecule has 1 saturated heterocycles. The molecular weight excluding hydrogens is 300 g/mol. The zero-order valence-electron chi connectivity index (χ0n) is 12.9. The van der Waals surface area contributed by atoms with E-state index in [1.54, 1.807) is 7.11 Å². The van der Waals surface area contributed by atoms with Gasteiger partial charge in [0.05, 0.1) is 13.2 Å². The van der Waals surface area contributed by atoms with Gasteiger partial charge in [0.2, 0.25) is 0 Å². The third-order valence-corrected chi connectivity index (χ3v) is 4.26. The lowest BCUT2D eigenvalue weighted by Gasteiger charge is -2.25. The zero-order chi connectivity index (χ0) is 16.4. The third-order valence-electron chi connectivity index (χ3n) is 4.26. The van der Waals surface area contributed by atoms with E-state index in [-0.39, 0.29) is 11.6 Å². The summed E-state index contributed by atoms with van der Waals surface area (Å²) in [7, 11) is 1.60. The van der Waals surface area contributed by atoms with Crippen LogP contribution in [0.4, 0.5) is 8.78 Å². The average molecular weight is 319 g/mol. The number of likely N-dealkylation sites (tertiary alicyclic amines) is 1. The topological polar surface area (TPSA) is 32.7 Å². The second-order valence-electron chi connectivity index (χ2n) is 5.81. The highest BCUT2D eigenvalue weighted by atomic mass is 19.1. The van der Waals surface area contributed by atoms with Crippen molar-refractivity contribution in [2.45, 2.75) is 25.1 Å². The summed E-state index contributed by atoms with van der Waals surface area (Å²) in [6, 6.07) is 10.7. The molecule has 5 heteroatoms. The number of nitrogens with zero attached hydrogens (tertiary/aromatic N) is 1. The van der Waals surface area contributed by atoms with Crippen molar-refractivity contribution in [3.8, 4) is 5.75 Å². The molecule has 122 valence electrons. The van der Waals surface area contributed by atoms with Gasteiger partial charge in [-0.05, 0) is 30.7 Å². The van der Waals surface area contributed by atoms with E-state index in [1.165, 1.54) is 6.07 Å². The predicted octanol–water partition coefficient (Wildman–Crippen LogP) is 3.28. The van der Waals surface area contributed by atoms with E-state index in [2.05, 4.69) is 0 Å². The maximum atomic E-state index is 14.1. The second kappa shape index (κ2) is 6.64. The summed E-state index contributed by atoms with van der Waals surface area (Å²) in [6.07, 6.45) is -0.174. The summed E-state index contributed by atoms with van der Waals surface area (Å²) in [4.78, 5) is 1.96. The molecule has 2 aromatic carbocycles. The minimum absolute atomic E-state index is 0.288. The van der Waals surface area contributed by atoms with Gasteiger partial charge in [-0.2, -0.15) is 0 Å². The number of hydrogen-bond donors (Lipinski definition) is 1. The lowest BCUT2D eigenvalue weighted by atomic mass is 10.0. The summed E-state index contributed by atoms with van der Waals surface area (Å²) in [5, 5.41) is 10.0. The van der Waals surface area contributed by atoms with Crippen LogP contribution in [0.5, 0.6) is 5.75 Å². The fourth-order valence-electron chi connectivity index (χ4n) is 3.20. The van der Waals surface area contributed by atoms with Gasteiger partial charge in [0, 0.05) is 30.3 Å². The fraction of sp³-hybridized carbons (Fsp3) is 0.333. The maximum Gasteiger partial charge on any atom is 0.128 e. The molecule has 1 aliphatic rings. The molecule has 0 spiro atoms. The quantitative estimate of drug-likeness (QED) is 0.939. The van der Waals surface area contributed by atoms with Gasteiger partial charge in [-0.3, -0.25) is 4.90 Å². The lowest BCUT2D eigenvalue weighted by Crippen LogP contribution is -2.25. The molecule has 2 unspecified atom stereocenters. The van der Waals surface area contributed by atoms with Gasteiger partial charge >= 0.3 is 0 Å². The number of ether oxygens (including phenoxy) is 1. The standard InChI is InChI=1S/C18H19F2NO2/c1-23-18-5-3-2-4-12(18)10-21-11-14(22)9-17(21)15-8-13(19)6-7-16(15)20/h2-8,14,17,22H,9-11H2,1H3. The van der Waals surface area contributed by atoms with Crippen LogP contribution >= 0.6 is 0 Å². The Kier molecular flexibility index (Phi) is 4.59. The Bertz CT molecular complexity index is 692. The fourth-order valence-corrected chi connectivity index (χ4v) is 3.20. The molecule has 3 rings (SSSR count). The largest absolute Gasteiger partial charge is 0.496 e. The molecule has 2 aromatic rings. The van der Waals surface area contributed by atoms with Gasteiger partial charge in [0.15, 0.2) is 0 Å². The molecule has 1 fully saturated rings. The minimum Gasteiger partial charge on any atom is -0.496 e. The first-order valence-electron chi connectivity index (χ1n) is 7.57. The van der Waals surface area contributed by atoms with Gasteiger partial charge in [-0.25, -0.2) is 8.78 Å². The van der Waals surface area contributed by atoms with Crippen molar-refractivity contribution in [1.82, 2.24) is 4.90 Å². The highest BCUT2D eigenvalue weighted by Gasteiger charge is 2.34. The van der Waals surface area contributed by atoms with Gasteiger partial charge in [0.1, 0.15) is 17.4 Å². The summed E-state index contributed by atoms with van der Waals surface area (Å²) in [6.45, 7) is 0.917. The second-order valence-corrected chi connectivity index (χ2v) is 5.81. The van der Waals surface area contributed by atoms with Crippen LogP contribution in [0.1, 0.15) is 23.6 Å². The van der Waals surface area contributed by atoms with E-state index < -0.39 is 17.7 Å². The van der Waals surface area contributed by atoms with E-state index in [0.29, 0.717) is 19.5 Å². The van der Waals surface area contributed by atoms with E-state index in [9.17, 15) is 13.9 Å². The SMILES string of the molecule is COc1ccccc1CN1CC(O)CC1c1cc(F)ccc1F. The Balaban J connectivity index is 1.89. The van der Waals surface area contributed by atoms with Crippen LogP contribution in [0.15, 0.2) is 42.5 Å². The Morgan fingerprint density at radius 3 is 2.78 bits per heavy atom. The monoisotopic (exact) mass is 319 g/mol. The Labute approximate surface area is 134 Å². The molecule has 1 heterocycles. The smallest absolute Gasteiger partial charge is 0.128 e. The van der Waals surface area contributed by atoms with Crippen LogP contribution in [0.3, 0.4) is 0 Å². The lowest BCUT2D eigenvalue weighted by molar-refractivity contribution is 0.172. The maximum absolute atomic E-state index is 14.1. The summed E-state index contributed by atoms with van der Waals surface area (Å²) >= 11 is 0. The van der Waals surface area contributed by atoms with Crippen molar-refractivity contribution in [1.29, 1.82) is 0 Å². The number of para-hydroxylation sites is 1. The highest BCUT2D eigenvalue weighted by Crippen LogP contribution is 2.36. The van der Waals surface area contributed by atoms with Crippen LogP contribution in [-0.4, -0.2) is 29.8 Å². The van der Waals surface area contributed by atoms with E-state index >= 15 is 0 Å². The van der Waals surface area contributed by atoms with Crippen molar-refractivity contribution in [2.24, 2.45) is 0 Å². The van der Waals surface area contributed by atoms with Crippen molar-refractivity contribution >= 4 is 0 Å². The molecule has 23 heavy (non-hydrogen) atoms. The van der Waals surface area contributed by atoms with Gasteiger partial charge in [-0.1, -0.05) is 18.2 Å². The number of rotatable bonds is 4. The van der Waals surface area contributed by atoms with Crippen molar-refractivity contribution in [3.05, 3.63) is 65.2 Å². The van der Waals surface area contributed by atoms with Crippen LogP contribution in [-0.2, 0) is 6.54 Å². The van der Waals surface area contributed by atoms with E-state index in [0.717, 1.165) is 23.4 Å². The van der Waals surface area contributed by atoms with Gasteiger partial charge < -0.3 is 9.84 Å². The third kappa shape index (κ3) is 3.35. The number of benzene rings is 2. The molecule has 1 N–H and O–H groups in total. The van der Waals surface area contributed by atoms with Crippen LogP contribution in [0.2, 0.25) is 0 Å². The molecule has 0 aromatic heterocycles. The first-order chi connectivity index (χ1) is 11.1. The first kappa shape index (κ1) is 15.9. The van der Waals surface area contributed by atoms with Crippen molar-refractivity contribution in [2.75, 3.05) is 13.7 Å². The summed E-state index contributed by atoms with van der Waals surface area (Å²) in [5.74, 6) is -0.178. The molecule has 0 amide bonds. The number of β-amino-alcohol motifs (C(OH)–C–C–N with tert-alkyl or cyclic N) is 1. The van der Waals surface area contributed by atoms with Crippen LogP contribution < -0.4 is 4.74 Å². The van der Waals surface area contributed by atoms with Gasteiger partial charge in [-0.15, -0.1) is 0 Å². The normalized spacial score (nSPS) is 21.6. The Morgan fingerprint density at radius 2 is 2.00 bits per heavy atom. The predicted molar refractivity (Wildman–Crippen MR) is 83.1 cm³/mol. The highest BCUT2D eigenvalue weighted by molar-refractivity contribution is 5.34. The minimum atomic E-state index is -0.558. The molecule has 0 bridgehead atoms. The zero-order valence-corrected chi connectivity index (χ0v) is 12.9. The average Bonchev–Trinajstić information content (AvgIpc) is 2.90. The number of hydrogen-bond acceptors (Lipinski definition) is 3. The van der Waals surface area contributed by atoms with Crippen molar-refractivity contribution < 1.29 is 18.6 Å². The Morgan fingerprint density at radius 1 is 1.22 bits per heavy atom. The first-order valence-corrected chi connectivity index (χ1v) is 7.57. The molecule has 0 saturated carbocycles. The molecule has 2 atom stereocenters. The van der Waals surface area contributed by atoms with Crippen molar-refractivity contribution in [3.63, 3.8) is 0 Å². The summed E-state index contributed by atoms with van der Waals surface area (Å²) in [5.41, 5.74) is 1.24. The molecule has 3 nitrogen and oxygen atoms in total. The molecule has 0 radical (unpaired) electrons. The van der Waals surface area contributed by atoms with E-state index in [4.69, 9.17) is 4.74 Å². The Hall–Kier alpha value is -1.98. The number of aliphatic hydroxyl groups excluding tert-OH is 1. The molecule has 0 aliphatic carbocycles. The van der Waals surface area contributed by atoms with Gasteiger partial charge in [0.25, 0.3) is 0 Å². The molecular formula is C18H19F2NO2. The van der Waals surface area contributed by atoms with E-state index in [1.807, 2.05) is 29.2 Å². The molecule has 1 aliphatic heterocycles. The summed E-state index contributed by atoms with van der Waals surface area (Å²) < 4.78 is 33.0. The van der Waals surface area contributed by atoms with Crippen LogP contribution in [0.25, 0.3) is 0 Å². The number of halogens is 2.